The van der Waals surface area contributed by atoms with E-state index in [0.717, 1.165) is 24.1 Å². The van der Waals surface area contributed by atoms with Gasteiger partial charge in [-0.15, -0.1) is 0 Å². The summed E-state index contributed by atoms with van der Waals surface area (Å²) in [6.45, 7) is 2.05. The van der Waals surface area contributed by atoms with Crippen LogP contribution in [0.2, 0.25) is 5.15 Å². The number of benzene rings is 1. The lowest BCUT2D eigenvalue weighted by Crippen LogP contribution is -2.02. The largest absolute Gasteiger partial charge is 0.340 e. The first-order chi connectivity index (χ1) is 9.91. The van der Waals surface area contributed by atoms with Gasteiger partial charge in [-0.3, -0.25) is 0 Å². The van der Waals surface area contributed by atoms with Gasteiger partial charge in [-0.25, -0.2) is 18.4 Å². The molecule has 1 aromatic heterocycles. The summed E-state index contributed by atoms with van der Waals surface area (Å²) in [5, 5.41) is 3.58. The zero-order valence-corrected chi connectivity index (χ0v) is 13.4. The fraction of sp³-hybridized carbons (Fsp3) is 0.286. The van der Waals surface area contributed by atoms with Gasteiger partial charge in [0.15, 0.2) is 9.84 Å². The second kappa shape index (κ2) is 6.41. The maximum Gasteiger partial charge on any atom is 0.175 e. The maximum absolute atomic E-state index is 11.4. The van der Waals surface area contributed by atoms with Gasteiger partial charge in [-0.05, 0) is 30.7 Å². The standard InChI is InChI=1S/C14H16ClN3O2S/c1-3-4-12-13(15)16-9-17-14(12)18-10-5-7-11(8-6-10)21(2,19)20/h5-9H,3-4H2,1-2H3,(H,16,17,18). The fourth-order valence-corrected chi connectivity index (χ4v) is 2.75. The Bertz CT molecular complexity index is 730. The van der Waals surface area contributed by atoms with Crippen LogP contribution in [0.1, 0.15) is 18.9 Å². The van der Waals surface area contributed by atoms with Crippen molar-refractivity contribution in [2.24, 2.45) is 0 Å². The molecule has 2 rings (SSSR count). The SMILES string of the molecule is CCCc1c(Cl)ncnc1Nc1ccc(S(C)(=O)=O)cc1. The number of nitrogens with zero attached hydrogens (tertiary/aromatic N) is 2. The van der Waals surface area contributed by atoms with E-state index in [1.165, 1.54) is 12.6 Å². The lowest BCUT2D eigenvalue weighted by molar-refractivity contribution is 0.602. The molecule has 112 valence electrons. The van der Waals surface area contributed by atoms with E-state index < -0.39 is 9.84 Å². The van der Waals surface area contributed by atoms with E-state index in [-0.39, 0.29) is 4.90 Å². The number of halogens is 1. The molecule has 0 unspecified atom stereocenters. The normalized spacial score (nSPS) is 11.4. The molecule has 1 N–H and O–H groups in total. The molecule has 0 atom stereocenters. The van der Waals surface area contributed by atoms with Crippen molar-refractivity contribution in [3.63, 3.8) is 0 Å². The van der Waals surface area contributed by atoms with Gasteiger partial charge in [0.05, 0.1) is 4.90 Å². The Balaban J connectivity index is 2.28. The summed E-state index contributed by atoms with van der Waals surface area (Å²) in [5.74, 6) is 0.643. The summed E-state index contributed by atoms with van der Waals surface area (Å²) in [5.41, 5.74) is 1.60. The van der Waals surface area contributed by atoms with Gasteiger partial charge >= 0.3 is 0 Å². The predicted octanol–water partition coefficient (Wildman–Crippen LogP) is 3.23. The Morgan fingerprint density at radius 2 is 1.86 bits per heavy atom. The first-order valence-electron chi connectivity index (χ1n) is 6.48. The van der Waals surface area contributed by atoms with E-state index in [4.69, 9.17) is 11.6 Å². The quantitative estimate of drug-likeness (QED) is 0.854. The van der Waals surface area contributed by atoms with Crippen LogP contribution in [-0.2, 0) is 16.3 Å². The van der Waals surface area contributed by atoms with Crippen molar-refractivity contribution >= 4 is 32.9 Å². The van der Waals surface area contributed by atoms with Gasteiger partial charge in [0.1, 0.15) is 17.3 Å². The highest BCUT2D eigenvalue weighted by Crippen LogP contribution is 2.25. The maximum atomic E-state index is 11.4. The molecular formula is C14H16ClN3O2S. The van der Waals surface area contributed by atoms with Gasteiger partial charge in [0.25, 0.3) is 0 Å². The molecule has 7 heteroatoms. The second-order valence-corrected chi connectivity index (χ2v) is 7.04. The first kappa shape index (κ1) is 15.7. The molecule has 0 bridgehead atoms. The molecule has 0 saturated heterocycles. The Morgan fingerprint density at radius 1 is 1.19 bits per heavy atom. The lowest BCUT2D eigenvalue weighted by Gasteiger charge is -2.11. The molecule has 1 heterocycles. The number of anilines is 2. The average molecular weight is 326 g/mol. The molecule has 2 aromatic rings. The summed E-state index contributed by atoms with van der Waals surface area (Å²) < 4.78 is 22.9. The number of rotatable bonds is 5. The van der Waals surface area contributed by atoms with Crippen molar-refractivity contribution in [3.05, 3.63) is 41.3 Å². The highest BCUT2D eigenvalue weighted by Gasteiger charge is 2.10. The van der Waals surface area contributed by atoms with Gasteiger partial charge < -0.3 is 5.32 Å². The van der Waals surface area contributed by atoms with E-state index in [0.29, 0.717) is 11.0 Å². The molecule has 0 amide bonds. The van der Waals surface area contributed by atoms with Crippen molar-refractivity contribution < 1.29 is 8.42 Å². The lowest BCUT2D eigenvalue weighted by atomic mass is 10.2. The van der Waals surface area contributed by atoms with Crippen LogP contribution in [0, 0.1) is 0 Å². The molecule has 0 saturated carbocycles. The van der Waals surface area contributed by atoms with Crippen LogP contribution >= 0.6 is 11.6 Å². The molecule has 0 radical (unpaired) electrons. The Morgan fingerprint density at radius 3 is 2.43 bits per heavy atom. The third-order valence-corrected chi connectivity index (χ3v) is 4.39. The number of sulfone groups is 1. The fourth-order valence-electron chi connectivity index (χ4n) is 1.89. The Labute approximate surface area is 129 Å². The van der Waals surface area contributed by atoms with Crippen LogP contribution in [0.15, 0.2) is 35.5 Å². The van der Waals surface area contributed by atoms with Crippen molar-refractivity contribution in [2.75, 3.05) is 11.6 Å². The summed E-state index contributed by atoms with van der Waals surface area (Å²) in [4.78, 5) is 8.46. The van der Waals surface area contributed by atoms with Crippen molar-refractivity contribution in [2.45, 2.75) is 24.7 Å². The minimum atomic E-state index is -3.19. The monoisotopic (exact) mass is 325 g/mol. The van der Waals surface area contributed by atoms with E-state index in [9.17, 15) is 8.42 Å². The minimum Gasteiger partial charge on any atom is -0.340 e. The summed E-state index contributed by atoms with van der Waals surface area (Å²) >= 11 is 6.09. The van der Waals surface area contributed by atoms with Crippen LogP contribution in [0.5, 0.6) is 0 Å². The van der Waals surface area contributed by atoms with Gasteiger partial charge in [-0.1, -0.05) is 24.9 Å². The molecular weight excluding hydrogens is 310 g/mol. The second-order valence-electron chi connectivity index (χ2n) is 4.66. The van der Waals surface area contributed by atoms with Crippen molar-refractivity contribution in [3.8, 4) is 0 Å². The topological polar surface area (TPSA) is 72.0 Å². The van der Waals surface area contributed by atoms with Crippen molar-refractivity contribution in [1.82, 2.24) is 9.97 Å². The average Bonchev–Trinajstić information content (AvgIpc) is 2.42. The van der Waals surface area contributed by atoms with Crippen LogP contribution in [-0.4, -0.2) is 24.6 Å². The van der Waals surface area contributed by atoms with E-state index in [2.05, 4.69) is 15.3 Å². The molecule has 5 nitrogen and oxygen atoms in total. The Kier molecular flexibility index (Phi) is 4.80. The highest BCUT2D eigenvalue weighted by atomic mass is 35.5. The van der Waals surface area contributed by atoms with Crippen LogP contribution < -0.4 is 5.32 Å². The molecule has 0 aliphatic rings. The zero-order chi connectivity index (χ0) is 15.5. The summed E-state index contributed by atoms with van der Waals surface area (Å²) in [6.07, 6.45) is 4.27. The third kappa shape index (κ3) is 3.92. The molecule has 1 aromatic carbocycles. The smallest absolute Gasteiger partial charge is 0.175 e. The van der Waals surface area contributed by atoms with E-state index in [1.807, 2.05) is 6.92 Å². The highest BCUT2D eigenvalue weighted by molar-refractivity contribution is 7.90. The summed E-state index contributed by atoms with van der Waals surface area (Å²) in [7, 11) is -3.19. The van der Waals surface area contributed by atoms with Crippen molar-refractivity contribution in [1.29, 1.82) is 0 Å². The molecule has 0 aliphatic carbocycles. The number of aromatic nitrogens is 2. The number of hydrogen-bond acceptors (Lipinski definition) is 5. The third-order valence-electron chi connectivity index (χ3n) is 2.94. The zero-order valence-electron chi connectivity index (χ0n) is 11.8. The number of nitrogens with one attached hydrogen (secondary N) is 1. The molecule has 0 aliphatic heterocycles. The molecule has 0 spiro atoms. The summed E-state index contributed by atoms with van der Waals surface area (Å²) in [6, 6.07) is 6.50. The predicted molar refractivity (Wildman–Crippen MR) is 83.9 cm³/mol. The van der Waals surface area contributed by atoms with Gasteiger partial charge in [0.2, 0.25) is 0 Å². The van der Waals surface area contributed by atoms with Crippen LogP contribution in [0.3, 0.4) is 0 Å². The van der Waals surface area contributed by atoms with E-state index in [1.54, 1.807) is 24.3 Å². The van der Waals surface area contributed by atoms with Crippen LogP contribution in [0.25, 0.3) is 0 Å². The van der Waals surface area contributed by atoms with Gasteiger partial charge in [-0.2, -0.15) is 0 Å². The van der Waals surface area contributed by atoms with Gasteiger partial charge in [0, 0.05) is 17.5 Å². The first-order valence-corrected chi connectivity index (χ1v) is 8.75. The molecule has 0 fully saturated rings. The number of hydrogen-bond donors (Lipinski definition) is 1. The van der Waals surface area contributed by atoms with E-state index >= 15 is 0 Å². The minimum absolute atomic E-state index is 0.280. The van der Waals surface area contributed by atoms with Crippen LogP contribution in [0.4, 0.5) is 11.5 Å². The Hall–Kier alpha value is -1.66. The molecule has 21 heavy (non-hydrogen) atoms.